The van der Waals surface area contributed by atoms with Crippen LogP contribution in [0, 0.1) is 0 Å². The third kappa shape index (κ3) is 5.97. The summed E-state index contributed by atoms with van der Waals surface area (Å²) in [5.41, 5.74) is 3.45. The summed E-state index contributed by atoms with van der Waals surface area (Å²) in [5.74, 6) is 0.331. The normalized spacial score (nSPS) is 16.9. The van der Waals surface area contributed by atoms with Crippen molar-refractivity contribution in [2.45, 2.75) is 17.8 Å². The number of imidazole rings is 1. The lowest BCUT2D eigenvalue weighted by molar-refractivity contribution is -0.119. The quantitative estimate of drug-likeness (QED) is 0.550. The number of amides is 1. The van der Waals surface area contributed by atoms with Gasteiger partial charge in [-0.2, -0.15) is 0 Å². The van der Waals surface area contributed by atoms with Crippen molar-refractivity contribution >= 4 is 17.7 Å². The summed E-state index contributed by atoms with van der Waals surface area (Å²) in [6.07, 6.45) is 1.87. The Morgan fingerprint density at radius 3 is 2.68 bits per heavy atom. The molecule has 0 spiro atoms. The van der Waals surface area contributed by atoms with E-state index >= 15 is 0 Å². The van der Waals surface area contributed by atoms with Gasteiger partial charge in [-0.1, -0.05) is 72.4 Å². The van der Waals surface area contributed by atoms with Crippen LogP contribution in [0.4, 0.5) is 0 Å². The predicted octanol–water partition coefficient (Wildman–Crippen LogP) is 3.20. The van der Waals surface area contributed by atoms with Gasteiger partial charge in [0.1, 0.15) is 0 Å². The number of nitrogens with zero attached hydrogens (tertiary/aromatic N) is 3. The second-order valence-electron chi connectivity index (χ2n) is 7.66. The van der Waals surface area contributed by atoms with Gasteiger partial charge in [0, 0.05) is 33.2 Å². The molecule has 4 rings (SSSR count). The number of carbonyl (C=O) groups is 1. The number of ether oxygens (including phenoxy) is 1. The van der Waals surface area contributed by atoms with Gasteiger partial charge in [0.15, 0.2) is 5.16 Å². The summed E-state index contributed by atoms with van der Waals surface area (Å²) in [6.45, 7) is 3.87. The summed E-state index contributed by atoms with van der Waals surface area (Å²) >= 11 is 1.45. The summed E-state index contributed by atoms with van der Waals surface area (Å²) in [5, 5.41) is 3.85. The lowest BCUT2D eigenvalue weighted by Crippen LogP contribution is -2.47. The molecule has 1 atom stereocenters. The standard InChI is InChI=1S/C24H28N4O2S/c1-27-22(20-10-6-3-7-11-20)15-26-24(27)31-18-23(29)25-14-21-17-28(12-13-30-21)16-19-8-4-2-5-9-19/h2-11,15,21H,12-14,16-18H2,1H3,(H,25,29)/t21-/m0/s1. The number of thioether (sulfide) groups is 1. The Bertz CT molecular complexity index is 978. The van der Waals surface area contributed by atoms with Crippen LogP contribution >= 0.6 is 11.8 Å². The molecule has 6 nitrogen and oxygen atoms in total. The smallest absolute Gasteiger partial charge is 0.230 e. The van der Waals surface area contributed by atoms with Gasteiger partial charge in [-0.3, -0.25) is 9.69 Å². The lowest BCUT2D eigenvalue weighted by atomic mass is 10.2. The Kier molecular flexibility index (Phi) is 7.40. The van der Waals surface area contributed by atoms with Crippen LogP contribution in [0.25, 0.3) is 11.3 Å². The largest absolute Gasteiger partial charge is 0.374 e. The van der Waals surface area contributed by atoms with Gasteiger partial charge in [0.05, 0.1) is 30.4 Å². The molecule has 1 aliphatic rings. The van der Waals surface area contributed by atoms with E-state index in [1.54, 1.807) is 0 Å². The molecule has 0 aliphatic carbocycles. The lowest BCUT2D eigenvalue weighted by Gasteiger charge is -2.33. The Labute approximate surface area is 187 Å². The first-order chi connectivity index (χ1) is 15.2. The van der Waals surface area contributed by atoms with Gasteiger partial charge in [-0.15, -0.1) is 0 Å². The van der Waals surface area contributed by atoms with E-state index in [1.807, 2.05) is 42.1 Å². The Morgan fingerprint density at radius 2 is 1.90 bits per heavy atom. The highest BCUT2D eigenvalue weighted by atomic mass is 32.2. The number of rotatable bonds is 8. The van der Waals surface area contributed by atoms with Gasteiger partial charge in [-0.05, 0) is 11.1 Å². The number of aromatic nitrogens is 2. The molecular weight excluding hydrogens is 408 g/mol. The van der Waals surface area contributed by atoms with Crippen molar-refractivity contribution in [2.75, 3.05) is 32.0 Å². The van der Waals surface area contributed by atoms with Crippen molar-refractivity contribution in [1.82, 2.24) is 19.8 Å². The van der Waals surface area contributed by atoms with E-state index in [-0.39, 0.29) is 12.0 Å². The average Bonchev–Trinajstić information content (AvgIpc) is 3.18. The van der Waals surface area contributed by atoms with Crippen LogP contribution in [0.2, 0.25) is 0 Å². The molecule has 1 aliphatic heterocycles. The van der Waals surface area contributed by atoms with Crippen LogP contribution in [-0.2, 0) is 23.1 Å². The van der Waals surface area contributed by atoms with Crippen LogP contribution < -0.4 is 5.32 Å². The monoisotopic (exact) mass is 436 g/mol. The van der Waals surface area contributed by atoms with E-state index in [9.17, 15) is 4.79 Å². The number of benzene rings is 2. The molecule has 0 radical (unpaired) electrons. The fourth-order valence-electron chi connectivity index (χ4n) is 3.70. The minimum atomic E-state index is -0.00181. The highest BCUT2D eigenvalue weighted by Gasteiger charge is 2.21. The highest BCUT2D eigenvalue weighted by Crippen LogP contribution is 2.24. The molecular formula is C24H28N4O2S. The van der Waals surface area contributed by atoms with Crippen molar-refractivity contribution < 1.29 is 9.53 Å². The molecule has 1 fully saturated rings. The molecule has 0 saturated carbocycles. The SMILES string of the molecule is Cn1c(-c2ccccc2)cnc1SCC(=O)NC[C@H]1CN(Cc2ccccc2)CCO1. The van der Waals surface area contributed by atoms with Crippen LogP contribution in [-0.4, -0.2) is 58.5 Å². The zero-order valence-electron chi connectivity index (χ0n) is 17.7. The predicted molar refractivity (Wildman–Crippen MR) is 124 cm³/mol. The van der Waals surface area contributed by atoms with Crippen molar-refractivity contribution in [2.24, 2.45) is 7.05 Å². The van der Waals surface area contributed by atoms with E-state index in [0.29, 0.717) is 18.9 Å². The van der Waals surface area contributed by atoms with Gasteiger partial charge in [-0.25, -0.2) is 4.98 Å². The van der Waals surface area contributed by atoms with Crippen molar-refractivity contribution in [3.8, 4) is 11.3 Å². The Hall–Kier alpha value is -2.61. The zero-order valence-corrected chi connectivity index (χ0v) is 18.6. The van der Waals surface area contributed by atoms with E-state index in [4.69, 9.17) is 4.74 Å². The number of carbonyl (C=O) groups excluding carboxylic acids is 1. The van der Waals surface area contributed by atoms with Gasteiger partial charge in [0.25, 0.3) is 0 Å². The fraction of sp³-hybridized carbons (Fsp3) is 0.333. The van der Waals surface area contributed by atoms with Gasteiger partial charge in [0.2, 0.25) is 5.91 Å². The summed E-state index contributed by atoms with van der Waals surface area (Å²) in [6, 6.07) is 20.6. The number of morpholine rings is 1. The number of hydrogen-bond donors (Lipinski definition) is 1. The van der Waals surface area contributed by atoms with Crippen molar-refractivity contribution in [3.63, 3.8) is 0 Å². The van der Waals surface area contributed by atoms with Gasteiger partial charge < -0.3 is 14.6 Å². The summed E-state index contributed by atoms with van der Waals surface area (Å²) < 4.78 is 7.88. The first-order valence-corrected chi connectivity index (χ1v) is 11.5. The number of hydrogen-bond acceptors (Lipinski definition) is 5. The maximum atomic E-state index is 12.4. The molecule has 162 valence electrons. The topological polar surface area (TPSA) is 59.4 Å². The number of nitrogens with one attached hydrogen (secondary N) is 1. The maximum Gasteiger partial charge on any atom is 0.230 e. The molecule has 31 heavy (non-hydrogen) atoms. The molecule has 1 N–H and O–H groups in total. The van der Waals surface area contributed by atoms with E-state index in [2.05, 4.69) is 51.6 Å². The molecule has 2 heterocycles. The zero-order chi connectivity index (χ0) is 21.5. The first-order valence-electron chi connectivity index (χ1n) is 10.5. The van der Waals surface area contributed by atoms with E-state index in [1.165, 1.54) is 17.3 Å². The molecule has 2 aromatic carbocycles. The minimum absolute atomic E-state index is 0.00181. The third-order valence-corrected chi connectivity index (χ3v) is 6.39. The maximum absolute atomic E-state index is 12.4. The summed E-state index contributed by atoms with van der Waals surface area (Å²) in [4.78, 5) is 19.2. The van der Waals surface area contributed by atoms with Crippen molar-refractivity contribution in [3.05, 3.63) is 72.4 Å². The molecule has 0 unspecified atom stereocenters. The summed E-state index contributed by atoms with van der Waals surface area (Å²) in [7, 11) is 1.98. The molecule has 7 heteroatoms. The van der Waals surface area contributed by atoms with E-state index in [0.717, 1.165) is 36.0 Å². The third-order valence-electron chi connectivity index (χ3n) is 5.35. The fourth-order valence-corrected chi connectivity index (χ4v) is 4.48. The van der Waals surface area contributed by atoms with E-state index < -0.39 is 0 Å². The van der Waals surface area contributed by atoms with Crippen molar-refractivity contribution in [1.29, 1.82) is 0 Å². The highest BCUT2D eigenvalue weighted by molar-refractivity contribution is 7.99. The molecule has 1 aromatic heterocycles. The molecule has 1 saturated heterocycles. The van der Waals surface area contributed by atoms with Crippen LogP contribution in [0.3, 0.4) is 0 Å². The van der Waals surface area contributed by atoms with Crippen LogP contribution in [0.5, 0.6) is 0 Å². The first kappa shape index (κ1) is 21.6. The molecule has 0 bridgehead atoms. The van der Waals surface area contributed by atoms with Gasteiger partial charge >= 0.3 is 0 Å². The average molecular weight is 437 g/mol. The molecule has 3 aromatic rings. The van der Waals surface area contributed by atoms with Crippen LogP contribution in [0.15, 0.2) is 72.0 Å². The second-order valence-corrected chi connectivity index (χ2v) is 8.60. The van der Waals surface area contributed by atoms with Crippen LogP contribution in [0.1, 0.15) is 5.56 Å². The minimum Gasteiger partial charge on any atom is -0.374 e. The Balaban J connectivity index is 1.22. The Morgan fingerprint density at radius 1 is 1.16 bits per heavy atom. The second kappa shape index (κ2) is 10.6. The molecule has 1 amide bonds.